The molecule has 1 fully saturated rings. The Bertz CT molecular complexity index is 976. The van der Waals surface area contributed by atoms with Gasteiger partial charge in [0.05, 0.1) is 19.5 Å². The van der Waals surface area contributed by atoms with Gasteiger partial charge in [0.15, 0.2) is 0 Å². The Hall–Kier alpha value is -2.44. The van der Waals surface area contributed by atoms with Crippen LogP contribution in [0.4, 0.5) is 0 Å². The van der Waals surface area contributed by atoms with Gasteiger partial charge in [-0.2, -0.15) is 5.10 Å². The van der Waals surface area contributed by atoms with E-state index in [1.165, 1.54) is 17.5 Å². The van der Waals surface area contributed by atoms with Crippen LogP contribution in [0, 0.1) is 11.7 Å². The van der Waals surface area contributed by atoms with Gasteiger partial charge in [0.25, 0.3) is 0 Å². The molecule has 0 bridgehead atoms. The highest BCUT2D eigenvalue weighted by Crippen LogP contribution is 2.33. The molecule has 3 aromatic rings. The molecule has 2 aromatic carbocycles. The second-order valence-electron chi connectivity index (χ2n) is 6.95. The van der Waals surface area contributed by atoms with Gasteiger partial charge in [-0.3, -0.25) is 9.47 Å². The van der Waals surface area contributed by atoms with E-state index in [4.69, 9.17) is 17.0 Å². The molecule has 1 atom stereocenters. The SMILES string of the molecule is COc1ccc(C2CCCN2Cn2ncn(-c3ccccc3C)c2=S)cc1. The zero-order valence-electron chi connectivity index (χ0n) is 15.7. The summed E-state index contributed by atoms with van der Waals surface area (Å²) in [7, 11) is 1.70. The van der Waals surface area contributed by atoms with Gasteiger partial charge in [-0.1, -0.05) is 30.3 Å². The molecule has 2 heterocycles. The molecule has 1 unspecified atom stereocenters. The minimum absolute atomic E-state index is 0.390. The third-order valence-corrected chi connectivity index (χ3v) is 5.70. The van der Waals surface area contributed by atoms with Crippen LogP contribution in [0.5, 0.6) is 5.75 Å². The van der Waals surface area contributed by atoms with Gasteiger partial charge < -0.3 is 4.74 Å². The van der Waals surface area contributed by atoms with E-state index in [0.717, 1.165) is 29.2 Å². The zero-order valence-corrected chi connectivity index (χ0v) is 16.5. The summed E-state index contributed by atoms with van der Waals surface area (Å²) >= 11 is 5.71. The molecule has 6 heteroatoms. The monoisotopic (exact) mass is 380 g/mol. The highest BCUT2D eigenvalue weighted by atomic mass is 32.1. The molecule has 1 aliphatic heterocycles. The van der Waals surface area contributed by atoms with Crippen LogP contribution in [0.15, 0.2) is 54.9 Å². The first-order chi connectivity index (χ1) is 13.2. The second kappa shape index (κ2) is 7.66. The number of hydrogen-bond acceptors (Lipinski definition) is 4. The molecule has 0 amide bonds. The van der Waals surface area contributed by atoms with Crippen LogP contribution in [-0.2, 0) is 6.67 Å². The molecular weight excluding hydrogens is 356 g/mol. The number of aryl methyl sites for hydroxylation is 1. The van der Waals surface area contributed by atoms with Crippen LogP contribution in [-0.4, -0.2) is 32.9 Å². The molecule has 0 radical (unpaired) electrons. The lowest BCUT2D eigenvalue weighted by Crippen LogP contribution is -2.27. The van der Waals surface area contributed by atoms with E-state index in [9.17, 15) is 0 Å². The molecule has 1 saturated heterocycles. The maximum Gasteiger partial charge on any atom is 0.203 e. The normalized spacial score (nSPS) is 17.3. The number of para-hydroxylation sites is 1. The van der Waals surface area contributed by atoms with Gasteiger partial charge >= 0.3 is 0 Å². The van der Waals surface area contributed by atoms with Crippen molar-refractivity contribution in [2.45, 2.75) is 32.5 Å². The van der Waals surface area contributed by atoms with Crippen molar-refractivity contribution in [2.75, 3.05) is 13.7 Å². The Balaban J connectivity index is 1.57. The van der Waals surface area contributed by atoms with Crippen LogP contribution in [0.3, 0.4) is 0 Å². The zero-order chi connectivity index (χ0) is 18.8. The lowest BCUT2D eigenvalue weighted by Gasteiger charge is -2.24. The number of hydrogen-bond donors (Lipinski definition) is 0. The van der Waals surface area contributed by atoms with E-state index in [2.05, 4.69) is 41.2 Å². The maximum absolute atomic E-state index is 5.71. The number of benzene rings is 2. The average Bonchev–Trinajstić information content (AvgIpc) is 3.30. The van der Waals surface area contributed by atoms with Crippen molar-refractivity contribution >= 4 is 12.2 Å². The molecule has 1 aromatic heterocycles. The number of aromatic nitrogens is 3. The molecule has 0 N–H and O–H groups in total. The smallest absolute Gasteiger partial charge is 0.203 e. The maximum atomic E-state index is 5.71. The van der Waals surface area contributed by atoms with Crippen molar-refractivity contribution in [3.8, 4) is 11.4 Å². The first-order valence-electron chi connectivity index (χ1n) is 9.26. The van der Waals surface area contributed by atoms with Crippen molar-refractivity contribution in [1.29, 1.82) is 0 Å². The topological polar surface area (TPSA) is 35.2 Å². The summed E-state index contributed by atoms with van der Waals surface area (Å²) in [5, 5.41) is 4.57. The Morgan fingerprint density at radius 3 is 2.67 bits per heavy atom. The Morgan fingerprint density at radius 1 is 1.15 bits per heavy atom. The van der Waals surface area contributed by atoms with Gasteiger partial charge in [-0.05, 0) is 61.3 Å². The number of rotatable bonds is 5. The third kappa shape index (κ3) is 3.55. The highest BCUT2D eigenvalue weighted by Gasteiger charge is 2.26. The van der Waals surface area contributed by atoms with E-state index >= 15 is 0 Å². The van der Waals surface area contributed by atoms with Crippen LogP contribution < -0.4 is 4.74 Å². The van der Waals surface area contributed by atoms with E-state index in [0.29, 0.717) is 12.7 Å². The number of methoxy groups -OCH3 is 1. The van der Waals surface area contributed by atoms with Crippen molar-refractivity contribution in [1.82, 2.24) is 19.2 Å². The first-order valence-corrected chi connectivity index (χ1v) is 9.66. The van der Waals surface area contributed by atoms with Gasteiger partial charge in [-0.25, -0.2) is 4.68 Å². The lowest BCUT2D eigenvalue weighted by molar-refractivity contribution is 0.190. The van der Waals surface area contributed by atoms with Crippen LogP contribution in [0.1, 0.15) is 30.0 Å². The minimum Gasteiger partial charge on any atom is -0.497 e. The molecule has 1 aliphatic rings. The standard InChI is InChI=1S/C21H24N4OS/c1-16-6-3-4-7-19(16)24-14-22-25(21(24)27)15-23-13-5-8-20(23)17-9-11-18(26-2)12-10-17/h3-4,6-7,9-12,14,20H,5,8,13,15H2,1-2H3. The molecule has 4 rings (SSSR count). The van der Waals surface area contributed by atoms with Crippen molar-refractivity contribution < 1.29 is 4.74 Å². The van der Waals surface area contributed by atoms with Crippen LogP contribution in [0.25, 0.3) is 5.69 Å². The Labute approximate surface area is 164 Å². The number of ether oxygens (including phenoxy) is 1. The van der Waals surface area contributed by atoms with Crippen LogP contribution >= 0.6 is 12.2 Å². The van der Waals surface area contributed by atoms with Crippen LogP contribution in [0.2, 0.25) is 0 Å². The van der Waals surface area contributed by atoms with Crippen molar-refractivity contribution in [2.24, 2.45) is 0 Å². The first kappa shape index (κ1) is 17.9. The molecule has 0 spiro atoms. The summed E-state index contributed by atoms with van der Waals surface area (Å²) in [5.74, 6) is 0.891. The number of nitrogens with zero attached hydrogens (tertiary/aromatic N) is 4. The minimum atomic E-state index is 0.390. The van der Waals surface area contributed by atoms with E-state index in [1.807, 2.05) is 39.8 Å². The fourth-order valence-corrected chi connectivity index (χ4v) is 4.05. The van der Waals surface area contributed by atoms with Gasteiger partial charge in [-0.15, -0.1) is 0 Å². The predicted octanol–water partition coefficient (Wildman–Crippen LogP) is 4.51. The molecule has 0 saturated carbocycles. The molecule has 5 nitrogen and oxygen atoms in total. The largest absolute Gasteiger partial charge is 0.497 e. The Morgan fingerprint density at radius 2 is 1.93 bits per heavy atom. The molecule has 140 valence electrons. The fourth-order valence-electron chi connectivity index (χ4n) is 3.80. The van der Waals surface area contributed by atoms with Gasteiger partial charge in [0.2, 0.25) is 4.77 Å². The molecule has 27 heavy (non-hydrogen) atoms. The summed E-state index contributed by atoms with van der Waals surface area (Å²) < 4.78 is 9.92. The number of likely N-dealkylation sites (tertiary alicyclic amines) is 1. The fraction of sp³-hybridized carbons (Fsp3) is 0.333. The lowest BCUT2D eigenvalue weighted by atomic mass is 10.0. The van der Waals surface area contributed by atoms with E-state index in [1.54, 1.807) is 7.11 Å². The van der Waals surface area contributed by atoms with E-state index in [-0.39, 0.29) is 0 Å². The van der Waals surface area contributed by atoms with Crippen molar-refractivity contribution in [3.63, 3.8) is 0 Å². The third-order valence-electron chi connectivity index (χ3n) is 5.29. The second-order valence-corrected chi connectivity index (χ2v) is 7.32. The molecule has 0 aliphatic carbocycles. The quantitative estimate of drug-likeness (QED) is 0.610. The average molecular weight is 381 g/mol. The highest BCUT2D eigenvalue weighted by molar-refractivity contribution is 7.71. The van der Waals surface area contributed by atoms with Gasteiger partial charge in [0.1, 0.15) is 12.1 Å². The van der Waals surface area contributed by atoms with Gasteiger partial charge in [0, 0.05) is 12.6 Å². The summed E-state index contributed by atoms with van der Waals surface area (Å²) in [5.41, 5.74) is 3.59. The molecular formula is C21H24N4OS. The summed E-state index contributed by atoms with van der Waals surface area (Å²) in [6.07, 6.45) is 4.16. The summed E-state index contributed by atoms with van der Waals surface area (Å²) in [6, 6.07) is 17.0. The van der Waals surface area contributed by atoms with E-state index < -0.39 is 0 Å². The summed E-state index contributed by atoms with van der Waals surface area (Å²) in [4.78, 5) is 2.45. The summed E-state index contributed by atoms with van der Waals surface area (Å²) in [6.45, 7) is 3.85. The van der Waals surface area contributed by atoms with Crippen molar-refractivity contribution in [3.05, 3.63) is 70.8 Å². The Kier molecular flexibility index (Phi) is 5.09. The predicted molar refractivity (Wildman–Crippen MR) is 109 cm³/mol.